The number of ether oxygens (including phenoxy) is 2. The van der Waals surface area contributed by atoms with Crippen LogP contribution < -0.4 is 16.0 Å². The van der Waals surface area contributed by atoms with Gasteiger partial charge in [-0.05, 0) is 47.7 Å². The molecule has 170 valence electrons. The third kappa shape index (κ3) is 3.19. The van der Waals surface area contributed by atoms with E-state index in [2.05, 4.69) is 21.4 Å². The summed E-state index contributed by atoms with van der Waals surface area (Å²) in [5.41, 5.74) is 12.0. The molecule has 2 aromatic carbocycles. The maximum Gasteiger partial charge on any atom is 0.272 e. The van der Waals surface area contributed by atoms with Gasteiger partial charge in [0, 0.05) is 30.1 Å². The Hall–Kier alpha value is -4.00. The number of nitriles is 1. The van der Waals surface area contributed by atoms with Gasteiger partial charge in [0.15, 0.2) is 0 Å². The lowest BCUT2D eigenvalue weighted by Crippen LogP contribution is -2.13. The Bertz CT molecular complexity index is 1560. The first kappa shape index (κ1) is 20.6. The summed E-state index contributed by atoms with van der Waals surface area (Å²) in [6, 6.07) is 9.89. The minimum Gasteiger partial charge on any atom is -0.489 e. The van der Waals surface area contributed by atoms with Crippen molar-refractivity contribution in [1.29, 1.82) is 5.26 Å². The molecule has 0 bridgehead atoms. The summed E-state index contributed by atoms with van der Waals surface area (Å²) in [5.74, 6) is 0.594. The van der Waals surface area contributed by atoms with Gasteiger partial charge in [-0.15, -0.1) is 0 Å². The molecule has 1 fully saturated rings. The second-order valence-electron chi connectivity index (χ2n) is 8.68. The molecule has 2 aliphatic rings. The Morgan fingerprint density at radius 3 is 2.91 bits per heavy atom. The van der Waals surface area contributed by atoms with E-state index in [1.54, 1.807) is 16.9 Å². The van der Waals surface area contributed by atoms with Crippen LogP contribution in [0.5, 0.6) is 5.75 Å². The normalized spacial score (nSPS) is 14.9. The van der Waals surface area contributed by atoms with Crippen molar-refractivity contribution in [2.45, 2.75) is 38.7 Å². The van der Waals surface area contributed by atoms with Crippen LogP contribution in [0.4, 0.5) is 0 Å². The summed E-state index contributed by atoms with van der Waals surface area (Å²) in [7, 11) is 1.86. The molecule has 6 rings (SSSR count). The van der Waals surface area contributed by atoms with E-state index in [1.807, 2.05) is 25.2 Å². The topological polar surface area (TPSA) is 132 Å². The molecule has 34 heavy (non-hydrogen) atoms. The fraction of sp³-hybridized carbons (Fsp3) is 0.280. The minimum atomic E-state index is -0.267. The van der Waals surface area contributed by atoms with E-state index in [9.17, 15) is 10.1 Å². The molecule has 0 spiro atoms. The van der Waals surface area contributed by atoms with E-state index in [4.69, 9.17) is 15.2 Å². The Morgan fingerprint density at radius 2 is 2.15 bits per heavy atom. The van der Waals surface area contributed by atoms with Crippen molar-refractivity contribution < 1.29 is 9.47 Å². The minimum absolute atomic E-state index is 0.159. The number of aryl methyl sites for hydroxylation is 1. The van der Waals surface area contributed by atoms with E-state index >= 15 is 0 Å². The molecule has 0 amide bonds. The average molecular weight is 454 g/mol. The lowest BCUT2D eigenvalue weighted by atomic mass is 9.91. The number of aromatic nitrogens is 4. The molecule has 0 atom stereocenters. The number of aromatic amines is 1. The van der Waals surface area contributed by atoms with E-state index < -0.39 is 0 Å². The Morgan fingerprint density at radius 1 is 1.29 bits per heavy atom. The van der Waals surface area contributed by atoms with Crippen molar-refractivity contribution in [3.8, 4) is 34.2 Å². The molecule has 0 saturated heterocycles. The van der Waals surface area contributed by atoms with Gasteiger partial charge >= 0.3 is 0 Å². The predicted molar refractivity (Wildman–Crippen MR) is 125 cm³/mol. The quantitative estimate of drug-likeness (QED) is 0.474. The first-order valence-electron chi connectivity index (χ1n) is 11.2. The van der Waals surface area contributed by atoms with E-state index in [1.165, 1.54) is 0 Å². The highest BCUT2D eigenvalue weighted by molar-refractivity contribution is 5.93. The Labute approximate surface area is 194 Å². The second-order valence-corrected chi connectivity index (χ2v) is 8.68. The molecule has 3 N–H and O–H groups in total. The largest absolute Gasteiger partial charge is 0.489 e. The number of nitrogens with one attached hydrogen (secondary N) is 1. The van der Waals surface area contributed by atoms with Crippen LogP contribution in [0.3, 0.4) is 0 Å². The molecule has 1 saturated carbocycles. The summed E-state index contributed by atoms with van der Waals surface area (Å²) < 4.78 is 13.7. The molecule has 0 radical (unpaired) electrons. The van der Waals surface area contributed by atoms with Crippen LogP contribution in [0, 0.1) is 11.3 Å². The Balaban J connectivity index is 1.60. The molecule has 1 aliphatic heterocycles. The number of hydrogen-bond acceptors (Lipinski definition) is 7. The number of benzene rings is 2. The fourth-order valence-electron chi connectivity index (χ4n) is 4.63. The summed E-state index contributed by atoms with van der Waals surface area (Å²) in [4.78, 5) is 12.3. The van der Waals surface area contributed by atoms with Crippen LogP contribution in [0.2, 0.25) is 0 Å². The molecular formula is C25H22N6O3. The van der Waals surface area contributed by atoms with E-state index in [-0.39, 0.29) is 18.2 Å². The number of fused-ring (bicyclic) bond motifs is 2. The van der Waals surface area contributed by atoms with Crippen molar-refractivity contribution in [2.24, 2.45) is 12.8 Å². The van der Waals surface area contributed by atoms with Gasteiger partial charge in [-0.25, -0.2) is 5.10 Å². The average Bonchev–Trinajstić information content (AvgIpc) is 3.39. The molecule has 9 nitrogen and oxygen atoms in total. The third-order valence-electron chi connectivity index (χ3n) is 6.47. The molecule has 3 heterocycles. The first-order valence-corrected chi connectivity index (χ1v) is 11.2. The van der Waals surface area contributed by atoms with Crippen LogP contribution in [-0.2, 0) is 31.5 Å². The van der Waals surface area contributed by atoms with Crippen molar-refractivity contribution in [2.75, 3.05) is 0 Å². The SMILES string of the molecule is Cn1ncc(-c2ccc3c(=O)[nH]nc(CN)c3c2)c1-c1c(C#N)c(OC2CC2)cc2c1COC2. The smallest absolute Gasteiger partial charge is 0.272 e. The molecular weight excluding hydrogens is 432 g/mol. The number of nitrogens with two attached hydrogens (primary N) is 1. The lowest BCUT2D eigenvalue weighted by molar-refractivity contribution is 0.134. The summed E-state index contributed by atoms with van der Waals surface area (Å²) in [5, 5.41) is 22.5. The number of nitrogens with zero attached hydrogens (tertiary/aromatic N) is 4. The molecule has 2 aromatic heterocycles. The van der Waals surface area contributed by atoms with Crippen LogP contribution in [0.25, 0.3) is 33.2 Å². The maximum atomic E-state index is 12.3. The zero-order valence-electron chi connectivity index (χ0n) is 18.6. The monoisotopic (exact) mass is 454 g/mol. The highest BCUT2D eigenvalue weighted by Crippen LogP contribution is 2.44. The molecule has 9 heteroatoms. The van der Waals surface area contributed by atoms with E-state index in [0.717, 1.165) is 46.4 Å². The summed E-state index contributed by atoms with van der Waals surface area (Å²) >= 11 is 0. The van der Waals surface area contributed by atoms with Crippen molar-refractivity contribution in [1.82, 2.24) is 20.0 Å². The zero-order valence-corrected chi connectivity index (χ0v) is 18.6. The lowest BCUT2D eigenvalue weighted by Gasteiger charge is -2.17. The van der Waals surface area contributed by atoms with Crippen molar-refractivity contribution in [3.63, 3.8) is 0 Å². The van der Waals surface area contributed by atoms with Gasteiger partial charge in [0.2, 0.25) is 0 Å². The number of hydrogen-bond donors (Lipinski definition) is 2. The first-order chi connectivity index (χ1) is 16.6. The maximum absolute atomic E-state index is 12.3. The fourth-order valence-corrected chi connectivity index (χ4v) is 4.63. The predicted octanol–water partition coefficient (Wildman–Crippen LogP) is 2.89. The van der Waals surface area contributed by atoms with Crippen molar-refractivity contribution >= 4 is 10.8 Å². The Kier molecular flexibility index (Phi) is 4.72. The van der Waals surface area contributed by atoms with Gasteiger partial charge in [-0.1, -0.05) is 6.07 Å². The van der Waals surface area contributed by atoms with Gasteiger partial charge in [-0.3, -0.25) is 9.48 Å². The van der Waals surface area contributed by atoms with Gasteiger partial charge in [0.1, 0.15) is 17.4 Å². The molecule has 4 aromatic rings. The number of H-pyrrole nitrogens is 1. The van der Waals surface area contributed by atoms with Crippen LogP contribution >= 0.6 is 0 Å². The molecule has 1 aliphatic carbocycles. The second kappa shape index (κ2) is 7.80. The number of rotatable bonds is 5. The third-order valence-corrected chi connectivity index (χ3v) is 6.47. The highest BCUT2D eigenvalue weighted by atomic mass is 16.5. The van der Waals surface area contributed by atoms with E-state index in [0.29, 0.717) is 41.0 Å². The van der Waals surface area contributed by atoms with Crippen LogP contribution in [0.1, 0.15) is 35.2 Å². The van der Waals surface area contributed by atoms with Gasteiger partial charge in [0.25, 0.3) is 5.56 Å². The van der Waals surface area contributed by atoms with Crippen LogP contribution in [-0.4, -0.2) is 26.1 Å². The zero-order chi connectivity index (χ0) is 23.4. The van der Waals surface area contributed by atoms with Crippen LogP contribution in [0.15, 0.2) is 35.3 Å². The van der Waals surface area contributed by atoms with Gasteiger partial charge < -0.3 is 15.2 Å². The molecule has 0 unspecified atom stereocenters. The summed E-state index contributed by atoms with van der Waals surface area (Å²) in [6.07, 6.45) is 3.93. The van der Waals surface area contributed by atoms with Gasteiger partial charge in [0.05, 0.1) is 42.3 Å². The van der Waals surface area contributed by atoms with Gasteiger partial charge in [-0.2, -0.15) is 15.5 Å². The summed E-state index contributed by atoms with van der Waals surface area (Å²) in [6.45, 7) is 1.09. The highest BCUT2D eigenvalue weighted by Gasteiger charge is 2.31. The standard InChI is InChI=1S/C25H22N6O3/c1-31-24(23-18(8-26)22(34-15-3-4-15)7-14-11-33-12-20(14)23)19(10-28-31)13-2-5-16-17(6-13)21(9-27)29-30-25(16)32/h2,5-7,10,15H,3-4,9,11-12,27H2,1H3,(H,30,32). The van der Waals surface area contributed by atoms with Crippen molar-refractivity contribution in [3.05, 3.63) is 63.2 Å².